The van der Waals surface area contributed by atoms with Crippen LogP contribution in [0.4, 0.5) is 17.2 Å². The third kappa shape index (κ3) is 6.59. The van der Waals surface area contributed by atoms with Crippen molar-refractivity contribution in [1.29, 1.82) is 0 Å². The smallest absolute Gasteiger partial charge is 0.309 e. The van der Waals surface area contributed by atoms with E-state index in [4.69, 9.17) is 15.2 Å². The molecule has 1 fully saturated rings. The number of nitro groups is 1. The topological polar surface area (TPSA) is 170 Å². The van der Waals surface area contributed by atoms with Gasteiger partial charge >= 0.3 is 5.97 Å². The number of nitrogen functional groups attached to an aromatic ring is 1. The van der Waals surface area contributed by atoms with E-state index in [0.717, 1.165) is 10.8 Å². The minimum atomic E-state index is -1.08. The summed E-state index contributed by atoms with van der Waals surface area (Å²) in [5.41, 5.74) is 7.43. The van der Waals surface area contributed by atoms with Gasteiger partial charge in [0, 0.05) is 35.9 Å². The number of likely N-dealkylation sites (tertiary alicyclic amines) is 1. The average molecular weight is 614 g/mol. The van der Waals surface area contributed by atoms with Gasteiger partial charge in [0.2, 0.25) is 5.91 Å². The van der Waals surface area contributed by atoms with Gasteiger partial charge in [-0.15, -0.1) is 0 Å². The van der Waals surface area contributed by atoms with Crippen molar-refractivity contribution in [2.45, 2.75) is 45.4 Å². The zero-order valence-electron chi connectivity index (χ0n) is 25.2. The Morgan fingerprint density at radius 2 is 1.93 bits per heavy atom. The normalized spacial score (nSPS) is 16.8. The van der Waals surface area contributed by atoms with Crippen molar-refractivity contribution in [2.75, 3.05) is 24.2 Å². The Bertz CT molecular complexity index is 1740. The van der Waals surface area contributed by atoms with Crippen molar-refractivity contribution in [1.82, 2.24) is 9.88 Å². The maximum Gasteiger partial charge on any atom is 0.309 e. The van der Waals surface area contributed by atoms with Crippen molar-refractivity contribution in [3.05, 3.63) is 94.2 Å². The van der Waals surface area contributed by atoms with Gasteiger partial charge in [0.05, 0.1) is 29.6 Å². The van der Waals surface area contributed by atoms with E-state index in [0.29, 0.717) is 40.7 Å². The minimum absolute atomic E-state index is 0.113. The lowest BCUT2D eigenvalue weighted by Gasteiger charge is -2.32. The molecular weight excluding hydrogens is 578 g/mol. The second-order valence-corrected chi connectivity index (χ2v) is 11.1. The highest BCUT2D eigenvalue weighted by Gasteiger charge is 2.44. The van der Waals surface area contributed by atoms with Crippen molar-refractivity contribution < 1.29 is 29.1 Å². The van der Waals surface area contributed by atoms with Gasteiger partial charge in [-0.2, -0.15) is 0 Å². The average Bonchev–Trinajstić information content (AvgIpc) is 3.46. The summed E-state index contributed by atoms with van der Waals surface area (Å²) in [5, 5.41) is 26.6. The molecular formula is C33H35N5O7. The van der Waals surface area contributed by atoms with Crippen LogP contribution in [0, 0.1) is 16.0 Å². The number of amides is 1. The van der Waals surface area contributed by atoms with Crippen LogP contribution in [0.5, 0.6) is 11.5 Å². The standard InChI is InChI=1S/C33H35N5O7/c1-4-44-28-18-21(8-11-27(28)45-19(2)3)29(36-23-9-10-25-20(16-23)12-14-35-31(25)34)32(39)37-15-13-26(33(40)41)30(37)22-6-5-7-24(17-22)38(42)43/h5-12,14,16-19,26,29-30,36H,4,13,15H2,1-3H3,(H2,34,35)(H,40,41). The molecule has 5 rings (SSSR count). The van der Waals surface area contributed by atoms with Crippen molar-refractivity contribution in [3.63, 3.8) is 0 Å². The summed E-state index contributed by atoms with van der Waals surface area (Å²) in [5.74, 6) is -1.07. The summed E-state index contributed by atoms with van der Waals surface area (Å²) in [6.07, 6.45) is 1.68. The Kier molecular flexibility index (Phi) is 9.03. The molecule has 234 valence electrons. The number of benzene rings is 3. The van der Waals surface area contributed by atoms with E-state index in [9.17, 15) is 24.8 Å². The van der Waals surface area contributed by atoms with E-state index in [1.165, 1.54) is 23.1 Å². The zero-order valence-corrected chi connectivity index (χ0v) is 25.2. The molecule has 1 aliphatic rings. The van der Waals surface area contributed by atoms with Gasteiger partial charge in [-0.3, -0.25) is 19.7 Å². The van der Waals surface area contributed by atoms with Gasteiger partial charge < -0.3 is 30.5 Å². The van der Waals surface area contributed by atoms with Crippen LogP contribution in [0.1, 0.15) is 50.4 Å². The van der Waals surface area contributed by atoms with Crippen molar-refractivity contribution >= 4 is 39.8 Å². The Morgan fingerprint density at radius 3 is 2.64 bits per heavy atom. The Morgan fingerprint density at radius 1 is 1.13 bits per heavy atom. The fraction of sp³-hybridized carbons (Fsp3) is 0.303. The molecule has 3 atom stereocenters. The zero-order chi connectivity index (χ0) is 32.2. The molecule has 3 aromatic carbocycles. The number of ether oxygens (including phenoxy) is 2. The molecule has 1 aromatic heterocycles. The molecule has 3 unspecified atom stereocenters. The molecule has 1 amide bonds. The number of carbonyl (C=O) groups is 2. The van der Waals surface area contributed by atoms with E-state index in [2.05, 4.69) is 10.3 Å². The number of anilines is 2. The Hall–Kier alpha value is -5.39. The van der Waals surface area contributed by atoms with Gasteiger partial charge in [0.15, 0.2) is 11.5 Å². The molecule has 2 heterocycles. The number of nitro benzene ring substituents is 1. The SMILES string of the molecule is CCOc1cc(C(Nc2ccc3c(N)nccc3c2)C(=O)N2CCC(C(=O)O)C2c2cccc([N+](=O)[O-])c2)ccc1OC(C)C. The van der Waals surface area contributed by atoms with Gasteiger partial charge in [-0.1, -0.05) is 18.2 Å². The summed E-state index contributed by atoms with van der Waals surface area (Å²) >= 11 is 0. The van der Waals surface area contributed by atoms with E-state index >= 15 is 0 Å². The number of aromatic nitrogens is 1. The van der Waals surface area contributed by atoms with E-state index < -0.39 is 34.8 Å². The lowest BCUT2D eigenvalue weighted by atomic mass is 9.93. The first-order chi connectivity index (χ1) is 21.6. The molecule has 12 heteroatoms. The maximum atomic E-state index is 14.6. The second-order valence-electron chi connectivity index (χ2n) is 11.1. The van der Waals surface area contributed by atoms with Crippen LogP contribution in [0.25, 0.3) is 10.8 Å². The number of carbonyl (C=O) groups excluding carboxylic acids is 1. The number of non-ortho nitro benzene ring substituents is 1. The van der Waals surface area contributed by atoms with Crippen LogP contribution in [0.2, 0.25) is 0 Å². The number of rotatable bonds is 11. The highest BCUT2D eigenvalue weighted by molar-refractivity contribution is 5.94. The van der Waals surface area contributed by atoms with E-state index in [-0.39, 0.29) is 24.8 Å². The minimum Gasteiger partial charge on any atom is -0.490 e. The summed E-state index contributed by atoms with van der Waals surface area (Å²) in [6, 6.07) is 16.4. The molecule has 0 radical (unpaired) electrons. The van der Waals surface area contributed by atoms with Crippen molar-refractivity contribution in [3.8, 4) is 11.5 Å². The third-order valence-corrected chi connectivity index (χ3v) is 7.74. The number of hydrogen-bond acceptors (Lipinski definition) is 9. The number of fused-ring (bicyclic) bond motifs is 1. The maximum absolute atomic E-state index is 14.6. The molecule has 0 bridgehead atoms. The molecule has 12 nitrogen and oxygen atoms in total. The van der Waals surface area contributed by atoms with Gasteiger partial charge in [0.1, 0.15) is 11.9 Å². The predicted molar refractivity (Wildman–Crippen MR) is 169 cm³/mol. The molecule has 4 N–H and O–H groups in total. The molecule has 0 spiro atoms. The van der Waals surface area contributed by atoms with Crippen molar-refractivity contribution in [2.24, 2.45) is 5.92 Å². The number of carboxylic acids is 1. The number of hydrogen-bond donors (Lipinski definition) is 3. The van der Waals surface area contributed by atoms with Gasteiger partial charge in [-0.05, 0) is 80.1 Å². The first-order valence-electron chi connectivity index (χ1n) is 14.7. The van der Waals surface area contributed by atoms with Gasteiger partial charge in [0.25, 0.3) is 5.69 Å². The van der Waals surface area contributed by atoms with E-state index in [1.54, 1.807) is 36.5 Å². The third-order valence-electron chi connectivity index (χ3n) is 7.74. The van der Waals surface area contributed by atoms with Crippen LogP contribution in [0.3, 0.4) is 0 Å². The van der Waals surface area contributed by atoms with Gasteiger partial charge in [-0.25, -0.2) is 4.98 Å². The lowest BCUT2D eigenvalue weighted by Crippen LogP contribution is -2.39. The quantitative estimate of drug-likeness (QED) is 0.140. The monoisotopic (exact) mass is 613 g/mol. The number of nitrogens with zero attached hydrogens (tertiary/aromatic N) is 3. The second kappa shape index (κ2) is 13.1. The summed E-state index contributed by atoms with van der Waals surface area (Å²) < 4.78 is 11.8. The highest BCUT2D eigenvalue weighted by Crippen LogP contribution is 2.41. The Balaban J connectivity index is 1.60. The van der Waals surface area contributed by atoms with Crippen LogP contribution < -0.4 is 20.5 Å². The fourth-order valence-electron chi connectivity index (χ4n) is 5.77. The molecule has 45 heavy (non-hydrogen) atoms. The first-order valence-corrected chi connectivity index (χ1v) is 14.7. The number of nitrogens with one attached hydrogen (secondary N) is 1. The molecule has 1 aliphatic heterocycles. The van der Waals surface area contributed by atoms with Crippen LogP contribution in [-0.4, -0.2) is 51.0 Å². The Labute approximate surface area is 259 Å². The highest BCUT2D eigenvalue weighted by atomic mass is 16.6. The predicted octanol–water partition coefficient (Wildman–Crippen LogP) is 5.74. The number of nitrogens with two attached hydrogens (primary N) is 1. The number of carboxylic acid groups (broad SMARTS) is 1. The number of pyridine rings is 1. The molecule has 0 aliphatic carbocycles. The first kappa shape index (κ1) is 31.0. The molecule has 4 aromatic rings. The number of aliphatic carboxylic acids is 1. The van der Waals surface area contributed by atoms with Crippen LogP contribution >= 0.6 is 0 Å². The summed E-state index contributed by atoms with van der Waals surface area (Å²) in [6.45, 7) is 6.17. The summed E-state index contributed by atoms with van der Waals surface area (Å²) in [4.78, 5) is 43.6. The van der Waals surface area contributed by atoms with E-state index in [1.807, 2.05) is 39.0 Å². The largest absolute Gasteiger partial charge is 0.490 e. The van der Waals surface area contributed by atoms with Crippen LogP contribution in [-0.2, 0) is 9.59 Å². The molecule has 0 saturated carbocycles. The van der Waals surface area contributed by atoms with Crippen LogP contribution in [0.15, 0.2) is 72.9 Å². The summed E-state index contributed by atoms with van der Waals surface area (Å²) in [7, 11) is 0. The molecule has 1 saturated heterocycles. The fourth-order valence-corrected chi connectivity index (χ4v) is 5.77. The lowest BCUT2D eigenvalue weighted by molar-refractivity contribution is -0.385.